The molecule has 0 spiro atoms. The van der Waals surface area contributed by atoms with Gasteiger partial charge < -0.3 is 24.1 Å². The van der Waals surface area contributed by atoms with Crippen molar-refractivity contribution in [3.63, 3.8) is 0 Å². The third kappa shape index (κ3) is 6.98. The number of rotatable bonds is 13. The van der Waals surface area contributed by atoms with Crippen LogP contribution >= 0.6 is 11.6 Å². The van der Waals surface area contributed by atoms with E-state index >= 15 is 0 Å². The van der Waals surface area contributed by atoms with Crippen LogP contribution in [0.3, 0.4) is 0 Å². The fraction of sp³-hybridized carbons (Fsp3) is 0.333. The van der Waals surface area contributed by atoms with Crippen LogP contribution in [0.15, 0.2) is 60.7 Å². The van der Waals surface area contributed by atoms with Gasteiger partial charge in [0.1, 0.15) is 11.6 Å². The van der Waals surface area contributed by atoms with Gasteiger partial charge in [-0.1, -0.05) is 29.8 Å². The number of ether oxygens (including phenoxy) is 3. The summed E-state index contributed by atoms with van der Waals surface area (Å²) in [4.78, 5) is 17.4. The second-order valence-electron chi connectivity index (χ2n) is 9.10. The van der Waals surface area contributed by atoms with E-state index in [1.165, 1.54) is 0 Å². The van der Waals surface area contributed by atoms with Crippen molar-refractivity contribution in [2.24, 2.45) is 0 Å². The van der Waals surface area contributed by atoms with Crippen molar-refractivity contribution in [1.29, 1.82) is 0 Å². The highest BCUT2D eigenvalue weighted by Gasteiger charge is 2.12. The van der Waals surface area contributed by atoms with Gasteiger partial charge in [-0.2, -0.15) is 0 Å². The molecule has 0 fully saturated rings. The SMILES string of the molecule is COc1ccc(CC(=O)NCCc2nc3ccccc3n2CCCCOc2ccc(Cl)c(C)c2)cc1OC. The highest BCUT2D eigenvalue weighted by atomic mass is 35.5. The lowest BCUT2D eigenvalue weighted by Gasteiger charge is -2.12. The molecule has 1 aromatic heterocycles. The average molecular weight is 536 g/mol. The maximum Gasteiger partial charge on any atom is 0.224 e. The van der Waals surface area contributed by atoms with Gasteiger partial charge in [-0.3, -0.25) is 4.79 Å². The Bertz CT molecular complexity index is 1390. The number of benzene rings is 3. The van der Waals surface area contributed by atoms with Crippen LogP contribution in [0.4, 0.5) is 0 Å². The molecular weight excluding hydrogens is 502 g/mol. The Kier molecular flexibility index (Phi) is 9.49. The monoisotopic (exact) mass is 535 g/mol. The second-order valence-corrected chi connectivity index (χ2v) is 9.51. The van der Waals surface area contributed by atoms with Crippen molar-refractivity contribution in [2.45, 2.75) is 39.2 Å². The summed E-state index contributed by atoms with van der Waals surface area (Å²) < 4.78 is 18.8. The second kappa shape index (κ2) is 13.2. The van der Waals surface area contributed by atoms with Gasteiger partial charge in [0.05, 0.1) is 38.3 Å². The Morgan fingerprint density at radius 2 is 1.82 bits per heavy atom. The quantitative estimate of drug-likeness (QED) is 0.220. The van der Waals surface area contributed by atoms with E-state index in [0.29, 0.717) is 31.1 Å². The van der Waals surface area contributed by atoms with Crippen LogP contribution < -0.4 is 19.5 Å². The molecule has 38 heavy (non-hydrogen) atoms. The van der Waals surface area contributed by atoms with E-state index in [4.69, 9.17) is 30.8 Å². The topological polar surface area (TPSA) is 74.6 Å². The van der Waals surface area contributed by atoms with Crippen LogP contribution in [0, 0.1) is 6.92 Å². The van der Waals surface area contributed by atoms with Crippen molar-refractivity contribution >= 4 is 28.5 Å². The molecular formula is C30H34ClN3O4. The molecule has 0 unspecified atom stereocenters. The zero-order chi connectivity index (χ0) is 26.9. The van der Waals surface area contributed by atoms with E-state index < -0.39 is 0 Å². The van der Waals surface area contributed by atoms with Crippen LogP contribution in [0.1, 0.15) is 29.8 Å². The van der Waals surface area contributed by atoms with Crippen molar-refractivity contribution in [2.75, 3.05) is 27.4 Å². The smallest absolute Gasteiger partial charge is 0.224 e. The molecule has 1 N–H and O–H groups in total. The Morgan fingerprint density at radius 1 is 1.00 bits per heavy atom. The van der Waals surface area contributed by atoms with Crippen LogP contribution in [0.2, 0.25) is 5.02 Å². The molecule has 3 aromatic carbocycles. The number of hydrogen-bond acceptors (Lipinski definition) is 5. The van der Waals surface area contributed by atoms with Gasteiger partial charge >= 0.3 is 0 Å². The fourth-order valence-electron chi connectivity index (χ4n) is 4.39. The van der Waals surface area contributed by atoms with Crippen LogP contribution in [-0.4, -0.2) is 42.8 Å². The van der Waals surface area contributed by atoms with Crippen LogP contribution in [-0.2, 0) is 24.2 Å². The third-order valence-electron chi connectivity index (χ3n) is 6.39. The number of aromatic nitrogens is 2. The Morgan fingerprint density at radius 3 is 2.61 bits per heavy atom. The third-order valence-corrected chi connectivity index (χ3v) is 6.82. The summed E-state index contributed by atoms with van der Waals surface area (Å²) in [6, 6.07) is 19.4. The number of nitrogens with zero attached hydrogens (tertiary/aromatic N) is 2. The molecule has 8 heteroatoms. The number of methoxy groups -OCH3 is 2. The highest BCUT2D eigenvalue weighted by molar-refractivity contribution is 6.31. The molecule has 0 saturated carbocycles. The first-order valence-corrected chi connectivity index (χ1v) is 13.2. The number of unbranched alkanes of at least 4 members (excludes halogenated alkanes) is 1. The number of nitrogens with one attached hydrogen (secondary N) is 1. The van der Waals surface area contributed by atoms with Crippen LogP contribution in [0.25, 0.3) is 11.0 Å². The summed E-state index contributed by atoms with van der Waals surface area (Å²) >= 11 is 6.10. The normalized spacial score (nSPS) is 10.9. The summed E-state index contributed by atoms with van der Waals surface area (Å²) in [5.74, 6) is 3.01. The summed E-state index contributed by atoms with van der Waals surface area (Å²) in [6.07, 6.45) is 2.78. The number of amides is 1. The first-order valence-electron chi connectivity index (χ1n) is 12.8. The van der Waals surface area contributed by atoms with Gasteiger partial charge in [0, 0.05) is 24.5 Å². The first kappa shape index (κ1) is 27.3. The molecule has 1 heterocycles. The zero-order valence-corrected chi connectivity index (χ0v) is 22.9. The van der Waals surface area contributed by atoms with Crippen molar-refractivity contribution in [3.05, 3.63) is 82.6 Å². The minimum absolute atomic E-state index is 0.0468. The predicted molar refractivity (Wildman–Crippen MR) is 151 cm³/mol. The molecule has 0 bridgehead atoms. The molecule has 200 valence electrons. The van der Waals surface area contributed by atoms with E-state index in [2.05, 4.69) is 16.0 Å². The van der Waals surface area contributed by atoms with Gasteiger partial charge in [0.25, 0.3) is 0 Å². The highest BCUT2D eigenvalue weighted by Crippen LogP contribution is 2.27. The van der Waals surface area contributed by atoms with E-state index in [1.54, 1.807) is 14.2 Å². The van der Waals surface area contributed by atoms with Gasteiger partial charge in [0.2, 0.25) is 5.91 Å². The summed E-state index contributed by atoms with van der Waals surface area (Å²) in [5, 5.41) is 3.77. The molecule has 7 nitrogen and oxygen atoms in total. The van der Waals surface area contributed by atoms with Crippen molar-refractivity contribution in [1.82, 2.24) is 14.9 Å². The number of imidazole rings is 1. The predicted octanol–water partition coefficient (Wildman–Crippen LogP) is 5.78. The number of hydrogen-bond donors (Lipinski definition) is 1. The van der Waals surface area contributed by atoms with Crippen LogP contribution in [0.5, 0.6) is 17.2 Å². The summed E-state index contributed by atoms with van der Waals surface area (Å²) in [5.41, 5.74) is 3.94. The largest absolute Gasteiger partial charge is 0.494 e. The lowest BCUT2D eigenvalue weighted by atomic mass is 10.1. The molecule has 1 amide bonds. The van der Waals surface area contributed by atoms with E-state index in [-0.39, 0.29) is 12.3 Å². The maximum atomic E-state index is 12.6. The minimum Gasteiger partial charge on any atom is -0.494 e. The van der Waals surface area contributed by atoms with Crippen molar-refractivity contribution < 1.29 is 19.0 Å². The number of para-hydroxylation sites is 2. The van der Waals surface area contributed by atoms with E-state index in [0.717, 1.165) is 58.1 Å². The van der Waals surface area contributed by atoms with Gasteiger partial charge in [-0.15, -0.1) is 0 Å². The minimum atomic E-state index is -0.0468. The first-order chi connectivity index (χ1) is 18.5. The molecule has 0 aliphatic carbocycles. The Balaban J connectivity index is 1.30. The Labute approximate surface area is 228 Å². The van der Waals surface area contributed by atoms with Gasteiger partial charge in [0.15, 0.2) is 11.5 Å². The number of carbonyl (C=O) groups excluding carboxylic acids is 1. The standard InChI is InChI=1S/C30H34ClN3O4/c1-21-18-23(11-12-24(21)31)38-17-7-6-16-34-26-9-5-4-8-25(26)33-29(34)14-15-32-30(35)20-22-10-13-27(36-2)28(19-22)37-3/h4-5,8-13,18-19H,6-7,14-17,20H2,1-3H3,(H,32,35). The molecule has 0 atom stereocenters. The number of halogens is 1. The zero-order valence-electron chi connectivity index (χ0n) is 22.1. The van der Waals surface area contributed by atoms with Crippen molar-refractivity contribution in [3.8, 4) is 17.2 Å². The van der Waals surface area contributed by atoms with Gasteiger partial charge in [-0.25, -0.2) is 4.98 Å². The number of carbonyl (C=O) groups is 1. The molecule has 4 aromatic rings. The van der Waals surface area contributed by atoms with E-state index in [9.17, 15) is 4.79 Å². The molecule has 4 rings (SSSR count). The fourth-order valence-corrected chi connectivity index (χ4v) is 4.50. The van der Waals surface area contributed by atoms with E-state index in [1.807, 2.05) is 61.5 Å². The Hall–Kier alpha value is -3.71. The average Bonchev–Trinajstić information content (AvgIpc) is 3.27. The summed E-state index contributed by atoms with van der Waals surface area (Å²) in [6.45, 7) is 3.95. The lowest BCUT2D eigenvalue weighted by Crippen LogP contribution is -2.28. The number of fused-ring (bicyclic) bond motifs is 1. The number of aryl methyl sites for hydroxylation is 2. The maximum absolute atomic E-state index is 12.6. The summed E-state index contributed by atoms with van der Waals surface area (Å²) in [7, 11) is 3.18. The molecule has 0 radical (unpaired) electrons. The molecule has 0 aliphatic rings. The van der Waals surface area contributed by atoms with Gasteiger partial charge in [-0.05, 0) is 73.4 Å². The molecule has 0 saturated heterocycles. The molecule has 0 aliphatic heterocycles. The lowest BCUT2D eigenvalue weighted by molar-refractivity contribution is -0.120.